The zero-order valence-corrected chi connectivity index (χ0v) is 10.1. The molecule has 0 saturated carbocycles. The van der Waals surface area contributed by atoms with Crippen LogP contribution in [0.2, 0.25) is 0 Å². The Balaban J connectivity index is 2.23. The lowest BCUT2D eigenvalue weighted by atomic mass is 10.00. The van der Waals surface area contributed by atoms with Crippen molar-refractivity contribution < 1.29 is 14.6 Å². The molecule has 0 bridgehead atoms. The summed E-state index contributed by atoms with van der Waals surface area (Å²) in [5.74, 6) is -1.49. The second-order valence-corrected chi connectivity index (χ2v) is 4.03. The van der Waals surface area contributed by atoms with E-state index in [1.165, 1.54) is 7.11 Å². The molecule has 0 radical (unpaired) electrons. The molecule has 18 heavy (non-hydrogen) atoms. The third-order valence-corrected chi connectivity index (χ3v) is 2.83. The summed E-state index contributed by atoms with van der Waals surface area (Å²) in [6.45, 7) is 0.179. The van der Waals surface area contributed by atoms with Gasteiger partial charge in [-0.05, 0) is 29.8 Å². The van der Waals surface area contributed by atoms with Gasteiger partial charge in [0.15, 0.2) is 0 Å². The average molecular weight is 245 g/mol. The van der Waals surface area contributed by atoms with E-state index in [2.05, 4.69) is 0 Å². The molecular formula is C14H15NO3. The number of hydrogen-bond donors (Lipinski definition) is 1. The Morgan fingerprint density at radius 1 is 1.28 bits per heavy atom. The lowest BCUT2D eigenvalue weighted by Gasteiger charge is -2.12. The highest BCUT2D eigenvalue weighted by molar-refractivity contribution is 5.76. The molecule has 1 aromatic carbocycles. The van der Waals surface area contributed by atoms with E-state index in [0.717, 1.165) is 11.3 Å². The molecule has 0 fully saturated rings. The predicted molar refractivity (Wildman–Crippen MR) is 68.0 cm³/mol. The Morgan fingerprint density at radius 2 is 1.89 bits per heavy atom. The minimum absolute atomic E-state index is 0.179. The second-order valence-electron chi connectivity index (χ2n) is 4.03. The number of aromatic nitrogens is 1. The number of aliphatic carboxylic acids is 1. The SMILES string of the molecule is COCC(C(=O)O)c1ccc(-n2cccc2)cc1. The van der Waals surface area contributed by atoms with Gasteiger partial charge in [-0.3, -0.25) is 4.79 Å². The van der Waals surface area contributed by atoms with E-state index in [1.54, 1.807) is 0 Å². The van der Waals surface area contributed by atoms with Crippen LogP contribution in [-0.4, -0.2) is 29.4 Å². The van der Waals surface area contributed by atoms with Gasteiger partial charge in [-0.15, -0.1) is 0 Å². The van der Waals surface area contributed by atoms with E-state index in [1.807, 2.05) is 53.4 Å². The van der Waals surface area contributed by atoms with E-state index >= 15 is 0 Å². The maximum atomic E-state index is 11.1. The van der Waals surface area contributed by atoms with Gasteiger partial charge in [-0.1, -0.05) is 12.1 Å². The summed E-state index contributed by atoms with van der Waals surface area (Å²) < 4.78 is 6.90. The van der Waals surface area contributed by atoms with Crippen molar-refractivity contribution in [3.8, 4) is 5.69 Å². The number of benzene rings is 1. The van der Waals surface area contributed by atoms with Crippen molar-refractivity contribution in [1.29, 1.82) is 0 Å². The standard InChI is InChI=1S/C14H15NO3/c1-18-10-13(14(16)17)11-4-6-12(7-5-11)15-8-2-3-9-15/h2-9,13H,10H2,1H3,(H,16,17). The van der Waals surface area contributed by atoms with Crippen LogP contribution in [0.15, 0.2) is 48.8 Å². The van der Waals surface area contributed by atoms with Crippen LogP contribution in [0.1, 0.15) is 11.5 Å². The molecule has 1 atom stereocenters. The van der Waals surface area contributed by atoms with Crippen LogP contribution in [0.25, 0.3) is 5.69 Å². The van der Waals surface area contributed by atoms with Gasteiger partial charge in [0, 0.05) is 25.2 Å². The minimum Gasteiger partial charge on any atom is -0.481 e. The van der Waals surface area contributed by atoms with E-state index in [9.17, 15) is 4.79 Å². The molecule has 0 spiro atoms. The van der Waals surface area contributed by atoms with Crippen LogP contribution in [0.4, 0.5) is 0 Å². The van der Waals surface area contributed by atoms with Crippen LogP contribution in [0.5, 0.6) is 0 Å². The molecule has 0 saturated heterocycles. The number of carbonyl (C=O) groups is 1. The monoisotopic (exact) mass is 245 g/mol. The molecular weight excluding hydrogens is 230 g/mol. The fourth-order valence-corrected chi connectivity index (χ4v) is 1.86. The number of rotatable bonds is 5. The average Bonchev–Trinajstić information content (AvgIpc) is 2.90. The number of nitrogens with zero attached hydrogens (tertiary/aromatic N) is 1. The van der Waals surface area contributed by atoms with Gasteiger partial charge in [0.05, 0.1) is 6.61 Å². The number of hydrogen-bond acceptors (Lipinski definition) is 2. The number of ether oxygens (including phenoxy) is 1. The maximum absolute atomic E-state index is 11.1. The van der Waals surface area contributed by atoms with Gasteiger partial charge >= 0.3 is 5.97 Å². The highest BCUT2D eigenvalue weighted by Crippen LogP contribution is 2.19. The molecule has 2 rings (SSSR count). The summed E-state index contributed by atoms with van der Waals surface area (Å²) >= 11 is 0. The van der Waals surface area contributed by atoms with E-state index in [0.29, 0.717) is 0 Å². The van der Waals surface area contributed by atoms with Crippen LogP contribution in [-0.2, 0) is 9.53 Å². The van der Waals surface area contributed by atoms with Crippen molar-refractivity contribution in [2.45, 2.75) is 5.92 Å². The van der Waals surface area contributed by atoms with Gasteiger partial charge < -0.3 is 14.4 Å². The second kappa shape index (κ2) is 5.51. The fraction of sp³-hybridized carbons (Fsp3) is 0.214. The largest absolute Gasteiger partial charge is 0.481 e. The number of carboxylic acid groups (broad SMARTS) is 1. The quantitative estimate of drug-likeness (QED) is 0.879. The van der Waals surface area contributed by atoms with Gasteiger partial charge in [0.25, 0.3) is 0 Å². The first-order valence-electron chi connectivity index (χ1n) is 5.67. The first kappa shape index (κ1) is 12.4. The summed E-state index contributed by atoms with van der Waals surface area (Å²) in [5, 5.41) is 9.13. The minimum atomic E-state index is -0.870. The Labute approximate surface area is 105 Å². The van der Waals surface area contributed by atoms with Crippen LogP contribution < -0.4 is 0 Å². The van der Waals surface area contributed by atoms with Crippen LogP contribution >= 0.6 is 0 Å². The lowest BCUT2D eigenvalue weighted by Crippen LogP contribution is -2.16. The molecule has 4 heteroatoms. The molecule has 1 unspecified atom stereocenters. The first-order chi connectivity index (χ1) is 8.72. The van der Waals surface area contributed by atoms with Crippen molar-refractivity contribution in [3.05, 3.63) is 54.4 Å². The third-order valence-electron chi connectivity index (χ3n) is 2.83. The molecule has 0 aliphatic heterocycles. The Morgan fingerprint density at radius 3 is 2.39 bits per heavy atom. The molecule has 4 nitrogen and oxygen atoms in total. The van der Waals surface area contributed by atoms with Gasteiger partial charge in [-0.25, -0.2) is 0 Å². The highest BCUT2D eigenvalue weighted by atomic mass is 16.5. The van der Waals surface area contributed by atoms with Crippen LogP contribution in [0.3, 0.4) is 0 Å². The fourth-order valence-electron chi connectivity index (χ4n) is 1.86. The Bertz CT molecular complexity index is 502. The molecule has 0 aliphatic carbocycles. The zero-order valence-electron chi connectivity index (χ0n) is 10.1. The highest BCUT2D eigenvalue weighted by Gasteiger charge is 2.19. The summed E-state index contributed by atoms with van der Waals surface area (Å²) in [6, 6.07) is 11.3. The van der Waals surface area contributed by atoms with Crippen LogP contribution in [0, 0.1) is 0 Å². The van der Waals surface area contributed by atoms with Crippen molar-refractivity contribution in [3.63, 3.8) is 0 Å². The van der Waals surface area contributed by atoms with E-state index < -0.39 is 11.9 Å². The first-order valence-corrected chi connectivity index (χ1v) is 5.67. The van der Waals surface area contributed by atoms with Crippen molar-refractivity contribution >= 4 is 5.97 Å². The summed E-state index contributed by atoms with van der Waals surface area (Å²) in [4.78, 5) is 11.1. The van der Waals surface area contributed by atoms with Crippen molar-refractivity contribution in [2.75, 3.05) is 13.7 Å². The third kappa shape index (κ3) is 2.60. The topological polar surface area (TPSA) is 51.5 Å². The molecule has 0 amide bonds. The zero-order chi connectivity index (χ0) is 13.0. The van der Waals surface area contributed by atoms with Gasteiger partial charge in [0.2, 0.25) is 0 Å². The molecule has 0 aliphatic rings. The molecule has 1 aromatic heterocycles. The molecule has 1 N–H and O–H groups in total. The van der Waals surface area contributed by atoms with Crippen molar-refractivity contribution in [2.24, 2.45) is 0 Å². The van der Waals surface area contributed by atoms with Gasteiger partial charge in [-0.2, -0.15) is 0 Å². The lowest BCUT2D eigenvalue weighted by molar-refractivity contribution is -0.140. The Kier molecular flexibility index (Phi) is 3.79. The summed E-state index contributed by atoms with van der Waals surface area (Å²) in [6.07, 6.45) is 3.89. The number of carboxylic acids is 1. The molecule has 1 heterocycles. The smallest absolute Gasteiger partial charge is 0.313 e. The normalized spacial score (nSPS) is 12.3. The number of methoxy groups -OCH3 is 1. The summed E-state index contributed by atoms with van der Waals surface area (Å²) in [5.41, 5.74) is 1.76. The predicted octanol–water partition coefficient (Wildman–Crippen LogP) is 2.29. The van der Waals surface area contributed by atoms with E-state index in [4.69, 9.17) is 9.84 Å². The van der Waals surface area contributed by atoms with Gasteiger partial charge in [0.1, 0.15) is 5.92 Å². The maximum Gasteiger partial charge on any atom is 0.313 e. The molecule has 94 valence electrons. The molecule has 2 aromatic rings. The van der Waals surface area contributed by atoms with E-state index in [-0.39, 0.29) is 6.61 Å². The van der Waals surface area contributed by atoms with Crippen molar-refractivity contribution in [1.82, 2.24) is 4.57 Å². The Hall–Kier alpha value is -2.07. The summed E-state index contributed by atoms with van der Waals surface area (Å²) in [7, 11) is 1.50.